The summed E-state index contributed by atoms with van der Waals surface area (Å²) >= 11 is 1.78. The fourth-order valence-electron chi connectivity index (χ4n) is 3.83. The molecule has 0 aliphatic rings. The first kappa shape index (κ1) is 27.6. The first-order valence-corrected chi connectivity index (χ1v) is 13.2. The van der Waals surface area contributed by atoms with Crippen LogP contribution in [0.15, 0.2) is 65.6 Å². The molecule has 0 saturated carbocycles. The third kappa shape index (κ3) is 9.25. The molecular weight excluding hydrogens is 476 g/mol. The van der Waals surface area contributed by atoms with E-state index in [0.717, 1.165) is 47.8 Å². The Bertz CT molecular complexity index is 1170. The minimum absolute atomic E-state index is 0.115. The normalized spacial score (nSPS) is 11.6. The van der Waals surface area contributed by atoms with E-state index in [1.54, 1.807) is 11.8 Å². The second kappa shape index (κ2) is 14.0. The zero-order valence-electron chi connectivity index (χ0n) is 20.8. The predicted molar refractivity (Wildman–Crippen MR) is 145 cm³/mol. The van der Waals surface area contributed by atoms with Gasteiger partial charge in [-0.1, -0.05) is 36.4 Å². The molecule has 0 radical (unpaired) electrons. The Morgan fingerprint density at radius 3 is 2.31 bits per heavy atom. The Balaban J connectivity index is 1.54. The zero-order valence-corrected chi connectivity index (χ0v) is 21.6. The van der Waals surface area contributed by atoms with Gasteiger partial charge in [-0.3, -0.25) is 4.79 Å². The first-order chi connectivity index (χ1) is 17.3. The largest absolute Gasteiger partial charge is 0.481 e. The monoisotopic (exact) mass is 509 g/mol. The molecule has 0 fully saturated rings. The van der Waals surface area contributed by atoms with Gasteiger partial charge in [0.1, 0.15) is 11.6 Å². The van der Waals surface area contributed by atoms with Crippen LogP contribution in [0.2, 0.25) is 0 Å². The summed E-state index contributed by atoms with van der Waals surface area (Å²) in [5.74, 6) is -0.977. The van der Waals surface area contributed by atoms with Crippen LogP contribution in [0.1, 0.15) is 53.5 Å². The maximum absolute atomic E-state index is 13.9. The van der Waals surface area contributed by atoms with Crippen LogP contribution in [0, 0.1) is 25.5 Å². The van der Waals surface area contributed by atoms with Crippen molar-refractivity contribution in [2.75, 3.05) is 12.3 Å². The van der Waals surface area contributed by atoms with E-state index in [1.807, 2.05) is 12.1 Å². The number of benzene rings is 3. The van der Waals surface area contributed by atoms with E-state index < -0.39 is 17.6 Å². The number of hydrogen-bond donors (Lipinski definition) is 2. The molecule has 0 bridgehead atoms. The molecule has 3 rings (SSSR count). The highest BCUT2D eigenvalue weighted by atomic mass is 32.2. The molecule has 3 aromatic carbocycles. The maximum Gasteiger partial charge on any atom is 0.304 e. The third-order valence-electron chi connectivity index (χ3n) is 5.98. The van der Waals surface area contributed by atoms with E-state index in [-0.39, 0.29) is 6.42 Å². The van der Waals surface area contributed by atoms with Gasteiger partial charge in [0.2, 0.25) is 0 Å². The van der Waals surface area contributed by atoms with Crippen molar-refractivity contribution < 1.29 is 18.7 Å². The molecule has 0 aliphatic carbocycles. The highest BCUT2D eigenvalue weighted by Gasteiger charge is 2.08. The molecule has 3 aromatic rings. The van der Waals surface area contributed by atoms with Crippen molar-refractivity contribution in [3.63, 3.8) is 0 Å². The summed E-state index contributed by atoms with van der Waals surface area (Å²) in [6.45, 7) is 5.23. The number of thioether (sulfide) groups is 1. The fraction of sp³-hybridized carbons (Fsp3) is 0.300. The van der Waals surface area contributed by atoms with E-state index in [2.05, 4.69) is 55.6 Å². The summed E-state index contributed by atoms with van der Waals surface area (Å²) in [6, 6.07) is 18.2. The minimum atomic E-state index is -0.801. The van der Waals surface area contributed by atoms with Gasteiger partial charge in [0.15, 0.2) is 0 Å². The lowest BCUT2D eigenvalue weighted by atomic mass is 9.96. The van der Waals surface area contributed by atoms with Gasteiger partial charge in [0.25, 0.3) is 0 Å². The zero-order chi connectivity index (χ0) is 25.9. The lowest BCUT2D eigenvalue weighted by molar-refractivity contribution is -0.136. The molecule has 0 heterocycles. The van der Waals surface area contributed by atoms with Gasteiger partial charge in [-0.05, 0) is 96.5 Å². The van der Waals surface area contributed by atoms with E-state index in [9.17, 15) is 13.6 Å². The van der Waals surface area contributed by atoms with Crippen LogP contribution in [-0.4, -0.2) is 23.4 Å². The van der Waals surface area contributed by atoms with Gasteiger partial charge in [-0.2, -0.15) is 0 Å². The average molecular weight is 510 g/mol. The highest BCUT2D eigenvalue weighted by molar-refractivity contribution is 7.99. The Labute approximate surface area is 216 Å². The molecule has 36 heavy (non-hydrogen) atoms. The highest BCUT2D eigenvalue weighted by Crippen LogP contribution is 2.27. The molecule has 6 heteroatoms. The summed E-state index contributed by atoms with van der Waals surface area (Å²) in [7, 11) is 0. The number of unbranched alkanes of at least 4 members (excludes halogenated alkanes) is 1. The molecule has 0 aliphatic heterocycles. The van der Waals surface area contributed by atoms with Crippen LogP contribution < -0.4 is 5.32 Å². The molecule has 0 unspecified atom stereocenters. The van der Waals surface area contributed by atoms with Crippen molar-refractivity contribution in [1.82, 2.24) is 5.32 Å². The molecule has 0 saturated heterocycles. The van der Waals surface area contributed by atoms with Gasteiger partial charge < -0.3 is 10.4 Å². The van der Waals surface area contributed by atoms with Crippen molar-refractivity contribution in [2.45, 2.75) is 51.0 Å². The number of hydrogen-bond acceptors (Lipinski definition) is 3. The van der Waals surface area contributed by atoms with E-state index in [1.165, 1.54) is 28.2 Å². The van der Waals surface area contributed by atoms with Crippen molar-refractivity contribution in [1.29, 1.82) is 0 Å². The van der Waals surface area contributed by atoms with Crippen molar-refractivity contribution in [3.8, 4) is 0 Å². The van der Waals surface area contributed by atoms with Gasteiger partial charge in [-0.25, -0.2) is 8.78 Å². The fourth-order valence-corrected chi connectivity index (χ4v) is 4.75. The number of halogens is 2. The lowest BCUT2D eigenvalue weighted by Crippen LogP contribution is -2.17. The second-order valence-corrected chi connectivity index (χ2v) is 10.1. The van der Waals surface area contributed by atoms with Crippen LogP contribution in [0.25, 0.3) is 11.6 Å². The SMILES string of the molecule is Cc1ccc(C=C(CCCCSc2ccc(CNCCC(=O)O)cc2)c2cc(F)cc(F)c2)cc1C. The van der Waals surface area contributed by atoms with E-state index in [0.29, 0.717) is 18.7 Å². The lowest BCUT2D eigenvalue weighted by Gasteiger charge is -2.11. The predicted octanol–water partition coefficient (Wildman–Crippen LogP) is 7.65. The summed E-state index contributed by atoms with van der Waals surface area (Å²) in [5, 5.41) is 11.8. The number of carboxylic acids is 1. The molecule has 3 nitrogen and oxygen atoms in total. The van der Waals surface area contributed by atoms with E-state index >= 15 is 0 Å². The summed E-state index contributed by atoms with van der Waals surface area (Å²) in [4.78, 5) is 11.8. The molecule has 0 atom stereocenters. The van der Waals surface area contributed by atoms with Gasteiger partial charge in [-0.15, -0.1) is 11.8 Å². The first-order valence-electron chi connectivity index (χ1n) is 12.2. The number of rotatable bonds is 13. The second-order valence-electron chi connectivity index (χ2n) is 8.94. The van der Waals surface area contributed by atoms with Crippen LogP contribution in [0.5, 0.6) is 0 Å². The van der Waals surface area contributed by atoms with Crippen LogP contribution >= 0.6 is 11.8 Å². The van der Waals surface area contributed by atoms with Gasteiger partial charge in [0, 0.05) is 24.1 Å². The quantitative estimate of drug-likeness (QED) is 0.141. The molecule has 2 N–H and O–H groups in total. The Hall–Kier alpha value is -2.96. The van der Waals surface area contributed by atoms with Crippen molar-refractivity contribution in [3.05, 3.63) is 100 Å². The van der Waals surface area contributed by atoms with Crippen molar-refractivity contribution in [2.24, 2.45) is 0 Å². The van der Waals surface area contributed by atoms with Crippen LogP contribution in [0.4, 0.5) is 8.78 Å². The molecule has 0 amide bonds. The molecule has 0 spiro atoms. The third-order valence-corrected chi connectivity index (χ3v) is 7.08. The summed E-state index contributed by atoms with van der Waals surface area (Å²) in [6.07, 6.45) is 4.77. The molecule has 190 valence electrons. The van der Waals surface area contributed by atoms with E-state index in [4.69, 9.17) is 5.11 Å². The maximum atomic E-state index is 13.9. The average Bonchev–Trinajstić information content (AvgIpc) is 2.83. The van der Waals surface area contributed by atoms with Gasteiger partial charge in [0.05, 0.1) is 6.42 Å². The molecular formula is C30H33F2NO2S. The van der Waals surface area contributed by atoms with Crippen LogP contribution in [0.3, 0.4) is 0 Å². The number of aryl methyl sites for hydroxylation is 2. The summed E-state index contributed by atoms with van der Waals surface area (Å²) < 4.78 is 27.8. The van der Waals surface area contributed by atoms with Crippen LogP contribution in [-0.2, 0) is 11.3 Å². The number of allylic oxidation sites excluding steroid dienone is 1. The van der Waals surface area contributed by atoms with Crippen molar-refractivity contribution >= 4 is 29.4 Å². The minimum Gasteiger partial charge on any atom is -0.481 e. The standard InChI is InChI=1S/C30H33F2NO2S/c1-21-6-7-24(15-22(21)2)16-25(26-17-27(31)19-28(32)18-26)5-3-4-14-36-29-10-8-23(9-11-29)20-33-13-12-30(34)35/h6-11,15-19,33H,3-5,12-14,20H2,1-2H3,(H,34,35). The van der Waals surface area contributed by atoms with Gasteiger partial charge >= 0.3 is 5.97 Å². The Morgan fingerprint density at radius 1 is 0.917 bits per heavy atom. The number of carboxylic acid groups (broad SMARTS) is 1. The Morgan fingerprint density at radius 2 is 1.64 bits per heavy atom. The number of aliphatic carboxylic acids is 1. The molecule has 0 aromatic heterocycles. The number of carbonyl (C=O) groups is 1. The Kier molecular flexibility index (Phi) is 10.7. The summed E-state index contributed by atoms with van der Waals surface area (Å²) in [5.41, 5.74) is 6.07. The number of nitrogens with one attached hydrogen (secondary N) is 1. The topological polar surface area (TPSA) is 49.3 Å². The smallest absolute Gasteiger partial charge is 0.304 e.